The third kappa shape index (κ3) is 3.65. The van der Waals surface area contributed by atoms with E-state index in [4.69, 9.17) is 0 Å². The molecule has 0 unspecified atom stereocenters. The molecule has 0 spiro atoms. The molecule has 2 aromatic heterocycles. The molecule has 118 valence electrons. The average molecular weight is 329 g/mol. The summed E-state index contributed by atoms with van der Waals surface area (Å²) >= 11 is 1.43. The van der Waals surface area contributed by atoms with E-state index in [0.29, 0.717) is 18.8 Å². The van der Waals surface area contributed by atoms with Crippen molar-refractivity contribution in [3.05, 3.63) is 65.3 Å². The maximum absolute atomic E-state index is 13.1. The van der Waals surface area contributed by atoms with Crippen LogP contribution in [0.25, 0.3) is 10.4 Å². The van der Waals surface area contributed by atoms with Crippen LogP contribution in [-0.2, 0) is 6.54 Å². The molecule has 0 aliphatic rings. The molecular weight excluding hydrogens is 313 g/mol. The van der Waals surface area contributed by atoms with E-state index in [-0.39, 0.29) is 11.7 Å². The standard InChI is InChI=1S/C17H16FN3OS/c1-12-20-15(16(23-12)13-4-6-14(18)7-5-13)17(22)19-8-11-21-9-2-3-10-21/h2-7,9-10H,8,11H2,1H3,(H,19,22). The second kappa shape index (κ2) is 6.75. The highest BCUT2D eigenvalue weighted by atomic mass is 32.1. The van der Waals surface area contributed by atoms with Crippen LogP contribution in [0, 0.1) is 12.7 Å². The first-order valence-electron chi connectivity index (χ1n) is 7.26. The summed E-state index contributed by atoms with van der Waals surface area (Å²) in [4.78, 5) is 17.5. The summed E-state index contributed by atoms with van der Waals surface area (Å²) in [5.41, 5.74) is 1.19. The van der Waals surface area contributed by atoms with Crippen molar-refractivity contribution < 1.29 is 9.18 Å². The summed E-state index contributed by atoms with van der Waals surface area (Å²) in [5.74, 6) is -0.506. The van der Waals surface area contributed by atoms with Gasteiger partial charge in [-0.1, -0.05) is 12.1 Å². The minimum Gasteiger partial charge on any atom is -0.353 e. The minimum atomic E-state index is -0.298. The van der Waals surface area contributed by atoms with Gasteiger partial charge in [0, 0.05) is 25.5 Å². The molecule has 23 heavy (non-hydrogen) atoms. The van der Waals surface area contributed by atoms with E-state index in [0.717, 1.165) is 15.4 Å². The minimum absolute atomic E-state index is 0.208. The summed E-state index contributed by atoms with van der Waals surface area (Å²) < 4.78 is 15.1. The predicted octanol–water partition coefficient (Wildman–Crippen LogP) is 3.49. The zero-order valence-electron chi connectivity index (χ0n) is 12.6. The molecule has 1 N–H and O–H groups in total. The Labute approximate surface area is 137 Å². The van der Waals surface area contributed by atoms with Crippen molar-refractivity contribution in [2.45, 2.75) is 13.5 Å². The molecule has 3 aromatic rings. The Bertz CT molecular complexity index is 794. The van der Waals surface area contributed by atoms with Gasteiger partial charge in [-0.05, 0) is 36.8 Å². The Morgan fingerprint density at radius 1 is 1.26 bits per heavy atom. The summed E-state index contributed by atoms with van der Waals surface area (Å²) in [5, 5.41) is 3.69. The van der Waals surface area contributed by atoms with Crippen LogP contribution in [0.4, 0.5) is 4.39 Å². The van der Waals surface area contributed by atoms with Crippen LogP contribution in [-0.4, -0.2) is 22.0 Å². The number of rotatable bonds is 5. The van der Waals surface area contributed by atoms with Gasteiger partial charge in [0.25, 0.3) is 5.91 Å². The molecule has 2 heterocycles. The zero-order valence-corrected chi connectivity index (χ0v) is 13.4. The summed E-state index contributed by atoms with van der Waals surface area (Å²) in [7, 11) is 0. The molecule has 0 aliphatic heterocycles. The van der Waals surface area contributed by atoms with E-state index in [1.54, 1.807) is 12.1 Å². The highest BCUT2D eigenvalue weighted by molar-refractivity contribution is 7.15. The number of aryl methyl sites for hydroxylation is 1. The molecule has 0 saturated heterocycles. The number of hydrogen-bond acceptors (Lipinski definition) is 3. The molecule has 1 amide bonds. The van der Waals surface area contributed by atoms with Crippen molar-refractivity contribution in [1.29, 1.82) is 0 Å². The Hall–Kier alpha value is -2.47. The van der Waals surface area contributed by atoms with Crippen LogP contribution in [0.1, 0.15) is 15.5 Å². The van der Waals surface area contributed by atoms with E-state index in [1.807, 2.05) is 36.0 Å². The van der Waals surface area contributed by atoms with Crippen LogP contribution in [0.5, 0.6) is 0 Å². The maximum Gasteiger partial charge on any atom is 0.271 e. The Kier molecular flexibility index (Phi) is 4.52. The lowest BCUT2D eigenvalue weighted by Crippen LogP contribution is -2.27. The summed E-state index contributed by atoms with van der Waals surface area (Å²) in [6.07, 6.45) is 3.90. The third-order valence-corrected chi connectivity index (χ3v) is 4.40. The number of benzene rings is 1. The zero-order chi connectivity index (χ0) is 16.2. The molecule has 0 fully saturated rings. The van der Waals surface area contributed by atoms with Gasteiger partial charge in [-0.15, -0.1) is 11.3 Å². The second-order valence-electron chi connectivity index (χ2n) is 5.09. The van der Waals surface area contributed by atoms with Gasteiger partial charge in [0.15, 0.2) is 0 Å². The first kappa shape index (κ1) is 15.4. The lowest BCUT2D eigenvalue weighted by Gasteiger charge is -2.06. The van der Waals surface area contributed by atoms with Gasteiger partial charge in [0.1, 0.15) is 11.5 Å². The number of carbonyl (C=O) groups is 1. The van der Waals surface area contributed by atoms with E-state index >= 15 is 0 Å². The molecule has 0 aliphatic carbocycles. The molecule has 3 rings (SSSR count). The van der Waals surface area contributed by atoms with Crippen molar-refractivity contribution in [3.63, 3.8) is 0 Å². The largest absolute Gasteiger partial charge is 0.353 e. The first-order chi connectivity index (χ1) is 11.1. The molecule has 1 aromatic carbocycles. The predicted molar refractivity (Wildman–Crippen MR) is 89.0 cm³/mol. The highest BCUT2D eigenvalue weighted by Crippen LogP contribution is 2.30. The van der Waals surface area contributed by atoms with E-state index < -0.39 is 0 Å². The monoisotopic (exact) mass is 329 g/mol. The Balaban J connectivity index is 1.74. The van der Waals surface area contributed by atoms with Gasteiger partial charge in [-0.25, -0.2) is 9.37 Å². The molecule has 0 radical (unpaired) electrons. The first-order valence-corrected chi connectivity index (χ1v) is 8.07. The Morgan fingerprint density at radius 3 is 2.65 bits per heavy atom. The number of hydrogen-bond donors (Lipinski definition) is 1. The number of halogens is 1. The fourth-order valence-corrected chi connectivity index (χ4v) is 3.20. The van der Waals surface area contributed by atoms with Crippen molar-refractivity contribution >= 4 is 17.2 Å². The van der Waals surface area contributed by atoms with Gasteiger partial charge in [0.05, 0.1) is 9.88 Å². The smallest absolute Gasteiger partial charge is 0.271 e. The van der Waals surface area contributed by atoms with Gasteiger partial charge in [-0.3, -0.25) is 4.79 Å². The van der Waals surface area contributed by atoms with Crippen LogP contribution in [0.3, 0.4) is 0 Å². The number of aromatic nitrogens is 2. The normalized spacial score (nSPS) is 10.7. The van der Waals surface area contributed by atoms with Gasteiger partial charge < -0.3 is 9.88 Å². The van der Waals surface area contributed by atoms with Crippen LogP contribution in [0.2, 0.25) is 0 Å². The molecule has 0 saturated carbocycles. The van der Waals surface area contributed by atoms with Crippen molar-refractivity contribution in [1.82, 2.24) is 14.9 Å². The third-order valence-electron chi connectivity index (χ3n) is 3.38. The SMILES string of the molecule is Cc1nc(C(=O)NCCn2cccc2)c(-c2ccc(F)cc2)s1. The number of amides is 1. The van der Waals surface area contributed by atoms with E-state index in [9.17, 15) is 9.18 Å². The average Bonchev–Trinajstić information content (AvgIpc) is 3.17. The Morgan fingerprint density at radius 2 is 1.96 bits per heavy atom. The lowest BCUT2D eigenvalue weighted by molar-refractivity contribution is 0.0948. The van der Waals surface area contributed by atoms with Gasteiger partial charge >= 0.3 is 0 Å². The fraction of sp³-hybridized carbons (Fsp3) is 0.176. The van der Waals surface area contributed by atoms with Crippen LogP contribution < -0.4 is 5.32 Å². The van der Waals surface area contributed by atoms with Gasteiger partial charge in [0.2, 0.25) is 0 Å². The summed E-state index contributed by atoms with van der Waals surface area (Å²) in [6.45, 7) is 3.08. The fourth-order valence-electron chi connectivity index (χ4n) is 2.28. The van der Waals surface area contributed by atoms with Crippen LogP contribution in [0.15, 0.2) is 48.8 Å². The van der Waals surface area contributed by atoms with Gasteiger partial charge in [-0.2, -0.15) is 0 Å². The van der Waals surface area contributed by atoms with E-state index in [1.165, 1.54) is 23.5 Å². The van der Waals surface area contributed by atoms with Crippen molar-refractivity contribution in [2.75, 3.05) is 6.54 Å². The van der Waals surface area contributed by atoms with E-state index in [2.05, 4.69) is 10.3 Å². The van der Waals surface area contributed by atoms with Crippen LogP contribution >= 0.6 is 11.3 Å². The molecule has 4 nitrogen and oxygen atoms in total. The molecule has 0 bridgehead atoms. The van der Waals surface area contributed by atoms with Crippen molar-refractivity contribution in [2.24, 2.45) is 0 Å². The maximum atomic E-state index is 13.1. The lowest BCUT2D eigenvalue weighted by atomic mass is 10.1. The molecule has 0 atom stereocenters. The number of thiazole rings is 1. The number of nitrogens with zero attached hydrogens (tertiary/aromatic N) is 2. The second-order valence-corrected chi connectivity index (χ2v) is 6.30. The topological polar surface area (TPSA) is 46.9 Å². The molecule has 6 heteroatoms. The highest BCUT2D eigenvalue weighted by Gasteiger charge is 2.18. The number of carbonyl (C=O) groups excluding carboxylic acids is 1. The molecular formula is C17H16FN3OS. The number of nitrogens with one attached hydrogen (secondary N) is 1. The quantitative estimate of drug-likeness (QED) is 0.779. The van der Waals surface area contributed by atoms with Crippen molar-refractivity contribution in [3.8, 4) is 10.4 Å². The summed E-state index contributed by atoms with van der Waals surface area (Å²) in [6, 6.07) is 9.99.